The van der Waals surface area contributed by atoms with Crippen molar-refractivity contribution in [2.45, 2.75) is 27.7 Å². The fourth-order valence-corrected chi connectivity index (χ4v) is 5.46. The molecule has 2 heterocycles. The number of ether oxygens (including phenoxy) is 2. The maximum absolute atomic E-state index is 14.3. The third kappa shape index (κ3) is 3.44. The lowest BCUT2D eigenvalue weighted by molar-refractivity contribution is 0.0956. The number of methoxy groups -OCH3 is 2. The molecule has 0 N–H and O–H groups in total. The van der Waals surface area contributed by atoms with E-state index in [1.807, 2.05) is 0 Å². The minimum absolute atomic E-state index is 0.0469. The number of rotatable bonds is 6. The first kappa shape index (κ1) is 25.0. The van der Waals surface area contributed by atoms with Crippen LogP contribution < -0.4 is 9.47 Å². The molecule has 1 aliphatic carbocycles. The van der Waals surface area contributed by atoms with Crippen LogP contribution >= 0.6 is 0 Å². The lowest BCUT2D eigenvalue weighted by Gasteiger charge is -2.18. The van der Waals surface area contributed by atoms with E-state index in [2.05, 4.69) is 0 Å². The highest BCUT2D eigenvalue weighted by Crippen LogP contribution is 2.40. The molecule has 0 aliphatic heterocycles. The van der Waals surface area contributed by atoms with Crippen molar-refractivity contribution in [1.82, 2.24) is 9.13 Å². The second-order valence-corrected chi connectivity index (χ2v) is 9.21. The topological polar surface area (TPSA) is 96.6 Å². The van der Waals surface area contributed by atoms with Crippen molar-refractivity contribution >= 4 is 23.1 Å². The normalized spacial score (nSPS) is 12.3. The second-order valence-electron chi connectivity index (χ2n) is 9.21. The van der Waals surface area contributed by atoms with Gasteiger partial charge >= 0.3 is 0 Å². The molecule has 0 amide bonds. The molecule has 4 aromatic rings. The molecule has 2 aromatic carbocycles. The Hall–Kier alpha value is -4.72. The lowest BCUT2D eigenvalue weighted by atomic mass is 9.87. The summed E-state index contributed by atoms with van der Waals surface area (Å²) in [6.45, 7) is 6.17. The molecular formula is C30H26N2O6. The van der Waals surface area contributed by atoms with E-state index in [9.17, 15) is 19.2 Å². The van der Waals surface area contributed by atoms with Crippen LogP contribution in [-0.2, 0) is 0 Å². The van der Waals surface area contributed by atoms with Crippen LogP contribution in [0.25, 0.3) is 11.4 Å². The van der Waals surface area contributed by atoms with Gasteiger partial charge in [-0.05, 0) is 76.2 Å². The van der Waals surface area contributed by atoms with Gasteiger partial charge in [0.15, 0.2) is 11.6 Å². The maximum atomic E-state index is 14.3. The Bertz CT molecular complexity index is 1540. The summed E-state index contributed by atoms with van der Waals surface area (Å²) in [4.78, 5) is 54.3. The third-order valence-corrected chi connectivity index (χ3v) is 7.06. The van der Waals surface area contributed by atoms with Gasteiger partial charge in [-0.15, -0.1) is 0 Å². The van der Waals surface area contributed by atoms with Crippen LogP contribution in [0.1, 0.15) is 78.1 Å². The highest BCUT2D eigenvalue weighted by atomic mass is 16.5. The molecule has 0 fully saturated rings. The predicted molar refractivity (Wildman–Crippen MR) is 141 cm³/mol. The molecular weight excluding hydrogens is 484 g/mol. The van der Waals surface area contributed by atoms with Crippen LogP contribution in [0, 0.1) is 13.8 Å². The number of hydrogen-bond donors (Lipinski definition) is 0. The summed E-state index contributed by atoms with van der Waals surface area (Å²) in [5.41, 5.74) is 2.73. The Morgan fingerprint density at radius 1 is 0.605 bits per heavy atom. The Balaban J connectivity index is 1.86. The molecule has 8 heteroatoms. The van der Waals surface area contributed by atoms with Gasteiger partial charge in [-0.25, -0.2) is 0 Å². The lowest BCUT2D eigenvalue weighted by Crippen LogP contribution is -2.26. The van der Waals surface area contributed by atoms with E-state index >= 15 is 0 Å². The standard InChI is InChI=1S/C30H26N2O6/c1-15-23(17(3)33)25-27(31(15)19-7-11-21(37-5)12-8-19)30(36)26-24(18(4)34)16(2)32(28(26)29(25)35)20-9-13-22(38-6)14-10-20/h7-14H,1-6H3. The van der Waals surface area contributed by atoms with E-state index in [0.717, 1.165) is 0 Å². The Morgan fingerprint density at radius 2 is 0.921 bits per heavy atom. The van der Waals surface area contributed by atoms with Gasteiger partial charge in [0.25, 0.3) is 0 Å². The highest BCUT2D eigenvalue weighted by molar-refractivity contribution is 6.33. The predicted octanol–water partition coefficient (Wildman–Crippen LogP) is 5.08. The van der Waals surface area contributed by atoms with E-state index < -0.39 is 11.6 Å². The number of hydrogen-bond acceptors (Lipinski definition) is 6. The summed E-state index contributed by atoms with van der Waals surface area (Å²) >= 11 is 0. The third-order valence-electron chi connectivity index (χ3n) is 7.06. The van der Waals surface area contributed by atoms with E-state index in [4.69, 9.17) is 9.47 Å². The van der Waals surface area contributed by atoms with Crippen LogP contribution in [0.5, 0.6) is 11.5 Å². The minimum Gasteiger partial charge on any atom is -0.497 e. The fourth-order valence-electron chi connectivity index (χ4n) is 5.46. The first-order valence-electron chi connectivity index (χ1n) is 12.0. The quantitative estimate of drug-likeness (QED) is 0.296. The van der Waals surface area contributed by atoms with Gasteiger partial charge < -0.3 is 18.6 Å². The van der Waals surface area contributed by atoms with Crippen LogP contribution in [0.15, 0.2) is 48.5 Å². The van der Waals surface area contributed by atoms with Crippen LogP contribution in [0.2, 0.25) is 0 Å². The number of carbonyl (C=O) groups is 4. The molecule has 0 saturated carbocycles. The van der Waals surface area contributed by atoms with E-state index in [-0.39, 0.29) is 45.2 Å². The second kappa shape index (κ2) is 8.99. The molecule has 0 unspecified atom stereocenters. The molecule has 0 atom stereocenters. The summed E-state index contributed by atoms with van der Waals surface area (Å²) < 4.78 is 13.8. The zero-order valence-electron chi connectivity index (χ0n) is 22.0. The van der Waals surface area contributed by atoms with Gasteiger partial charge in [0.1, 0.15) is 22.9 Å². The largest absolute Gasteiger partial charge is 0.497 e. The molecule has 0 bridgehead atoms. The van der Waals surface area contributed by atoms with Crippen molar-refractivity contribution in [2.24, 2.45) is 0 Å². The van der Waals surface area contributed by atoms with Gasteiger partial charge in [-0.3, -0.25) is 19.2 Å². The molecule has 5 rings (SSSR count). The van der Waals surface area contributed by atoms with Crippen molar-refractivity contribution in [3.63, 3.8) is 0 Å². The summed E-state index contributed by atoms with van der Waals surface area (Å²) in [5, 5.41) is 0. The van der Waals surface area contributed by atoms with E-state index in [1.165, 1.54) is 13.8 Å². The molecule has 0 spiro atoms. The van der Waals surface area contributed by atoms with Crippen molar-refractivity contribution < 1.29 is 28.7 Å². The van der Waals surface area contributed by atoms with Crippen molar-refractivity contribution in [3.05, 3.63) is 93.6 Å². The van der Waals surface area contributed by atoms with Crippen molar-refractivity contribution in [2.75, 3.05) is 14.2 Å². The van der Waals surface area contributed by atoms with Crippen LogP contribution in [0.4, 0.5) is 0 Å². The fraction of sp³-hybridized carbons (Fsp3) is 0.200. The number of ketones is 4. The number of Topliss-reactive ketones (excluding diaryl/α,β-unsaturated/α-hetero) is 2. The first-order chi connectivity index (χ1) is 18.1. The summed E-state index contributed by atoms with van der Waals surface area (Å²) in [6.07, 6.45) is 0. The van der Waals surface area contributed by atoms with Crippen LogP contribution in [-0.4, -0.2) is 46.5 Å². The Labute approximate surface area is 219 Å². The average molecular weight is 511 g/mol. The van der Waals surface area contributed by atoms with Gasteiger partial charge in [0, 0.05) is 22.8 Å². The summed E-state index contributed by atoms with van der Waals surface area (Å²) in [7, 11) is 3.10. The monoisotopic (exact) mass is 510 g/mol. The van der Waals surface area contributed by atoms with Gasteiger partial charge in [-0.1, -0.05) is 0 Å². The van der Waals surface area contributed by atoms with Crippen LogP contribution in [0.3, 0.4) is 0 Å². The smallest absolute Gasteiger partial charge is 0.213 e. The molecule has 8 nitrogen and oxygen atoms in total. The molecule has 0 radical (unpaired) electrons. The maximum Gasteiger partial charge on any atom is 0.213 e. The molecule has 1 aliphatic rings. The Kier molecular flexibility index (Phi) is 5.90. The molecule has 2 aromatic heterocycles. The van der Waals surface area contributed by atoms with Crippen molar-refractivity contribution in [3.8, 4) is 22.9 Å². The zero-order valence-corrected chi connectivity index (χ0v) is 22.0. The van der Waals surface area contributed by atoms with Gasteiger partial charge in [0.05, 0.1) is 36.5 Å². The minimum atomic E-state index is -0.485. The van der Waals surface area contributed by atoms with Gasteiger partial charge in [0.2, 0.25) is 11.6 Å². The number of nitrogens with zero attached hydrogens (tertiary/aromatic N) is 2. The highest BCUT2D eigenvalue weighted by Gasteiger charge is 2.44. The summed E-state index contributed by atoms with van der Waals surface area (Å²) in [6, 6.07) is 14.0. The van der Waals surface area contributed by atoms with Crippen molar-refractivity contribution in [1.29, 1.82) is 0 Å². The zero-order chi connectivity index (χ0) is 27.5. The van der Waals surface area contributed by atoms with Gasteiger partial charge in [-0.2, -0.15) is 0 Å². The SMILES string of the molecule is COc1ccc(-n2c(C)c(C(C)=O)c3c2C(=O)c2c(C(C)=O)c(C)n(-c4ccc(OC)cc4)c2C3=O)cc1. The van der Waals surface area contributed by atoms with E-state index in [0.29, 0.717) is 34.3 Å². The number of aromatic nitrogens is 2. The molecule has 38 heavy (non-hydrogen) atoms. The Morgan fingerprint density at radius 3 is 1.18 bits per heavy atom. The number of carbonyl (C=O) groups excluding carboxylic acids is 4. The summed E-state index contributed by atoms with van der Waals surface area (Å²) in [5.74, 6) is -0.392. The molecule has 192 valence electrons. The number of benzene rings is 2. The number of fused-ring (bicyclic) bond motifs is 2. The molecule has 0 saturated heterocycles. The van der Waals surface area contributed by atoms with E-state index in [1.54, 1.807) is 85.7 Å². The average Bonchev–Trinajstić information content (AvgIpc) is 3.39. The first-order valence-corrected chi connectivity index (χ1v) is 12.0.